The van der Waals surface area contributed by atoms with E-state index in [-0.39, 0.29) is 18.0 Å². The van der Waals surface area contributed by atoms with Crippen LogP contribution in [0.25, 0.3) is 0 Å². The van der Waals surface area contributed by atoms with Gasteiger partial charge in [0, 0.05) is 13.6 Å². The smallest absolute Gasteiger partial charge is 0.410 e. The Labute approximate surface area is 143 Å². The zero-order chi connectivity index (χ0) is 17.3. The van der Waals surface area contributed by atoms with Crippen LogP contribution in [-0.2, 0) is 11.3 Å². The summed E-state index contributed by atoms with van der Waals surface area (Å²) < 4.78 is 18.8. The predicted molar refractivity (Wildman–Crippen MR) is 92.0 cm³/mol. The maximum atomic E-state index is 13.0. The maximum Gasteiger partial charge on any atom is 0.410 e. The summed E-state index contributed by atoms with van der Waals surface area (Å²) in [5, 5.41) is 0. The van der Waals surface area contributed by atoms with Gasteiger partial charge in [0.15, 0.2) is 0 Å². The number of nitrogens with zero attached hydrogens (tertiary/aromatic N) is 1. The molecule has 3 nitrogen and oxygen atoms in total. The van der Waals surface area contributed by atoms with Gasteiger partial charge in [-0.15, -0.1) is 0 Å². The molecule has 0 aliphatic heterocycles. The second kappa shape index (κ2) is 6.96. The highest BCUT2D eigenvalue weighted by Crippen LogP contribution is 2.48. The lowest BCUT2D eigenvalue weighted by molar-refractivity contribution is 0.0753. The number of rotatable bonds is 3. The molecule has 4 heteroatoms. The van der Waals surface area contributed by atoms with Crippen molar-refractivity contribution < 1.29 is 13.9 Å². The molecule has 3 rings (SSSR count). The van der Waals surface area contributed by atoms with E-state index in [0.717, 1.165) is 36.7 Å². The number of allylic oxidation sites excluding steroid dienone is 1. The number of amides is 1. The van der Waals surface area contributed by atoms with E-state index in [2.05, 4.69) is 13.8 Å². The van der Waals surface area contributed by atoms with Crippen LogP contribution in [0.15, 0.2) is 35.4 Å². The summed E-state index contributed by atoms with van der Waals surface area (Å²) in [7, 11) is 1.72. The van der Waals surface area contributed by atoms with E-state index < -0.39 is 0 Å². The first-order chi connectivity index (χ1) is 11.4. The lowest BCUT2D eigenvalue weighted by Crippen LogP contribution is -2.32. The molecule has 0 N–H and O–H groups in total. The highest BCUT2D eigenvalue weighted by molar-refractivity contribution is 5.67. The Hall–Kier alpha value is -1.84. The summed E-state index contributed by atoms with van der Waals surface area (Å²) >= 11 is 0. The fourth-order valence-corrected chi connectivity index (χ4v) is 3.61. The standard InChI is InChI=1S/C20H26FNO2/c1-13-10-17-11-16(17)6-9-19(14(13)2)24-20(23)22(3)12-15-4-7-18(21)8-5-15/h4-5,7-8,16-17,19H,6,9-12H2,1-3H3/b14-13-/t16-,17-,19-/m1/s1. The van der Waals surface area contributed by atoms with Gasteiger partial charge in [0.2, 0.25) is 0 Å². The van der Waals surface area contributed by atoms with Crippen molar-refractivity contribution in [2.24, 2.45) is 11.8 Å². The van der Waals surface area contributed by atoms with Crippen molar-refractivity contribution in [3.05, 3.63) is 46.8 Å². The second-order valence-electron chi connectivity index (χ2n) is 7.36. The van der Waals surface area contributed by atoms with E-state index in [4.69, 9.17) is 4.74 Å². The van der Waals surface area contributed by atoms with Crippen molar-refractivity contribution in [1.29, 1.82) is 0 Å². The lowest BCUT2D eigenvalue weighted by Gasteiger charge is -2.26. The van der Waals surface area contributed by atoms with Crippen LogP contribution in [0, 0.1) is 17.7 Å². The van der Waals surface area contributed by atoms with Crippen molar-refractivity contribution in [2.75, 3.05) is 7.05 Å². The van der Waals surface area contributed by atoms with Gasteiger partial charge in [-0.1, -0.05) is 17.7 Å². The molecule has 0 saturated heterocycles. The minimum absolute atomic E-state index is 0.116. The first kappa shape index (κ1) is 17.0. The molecule has 2 aliphatic rings. The Kier molecular flexibility index (Phi) is 4.93. The average molecular weight is 331 g/mol. The molecule has 1 aromatic carbocycles. The van der Waals surface area contributed by atoms with Crippen molar-refractivity contribution in [3.63, 3.8) is 0 Å². The summed E-state index contributed by atoms with van der Waals surface area (Å²) in [6, 6.07) is 6.20. The van der Waals surface area contributed by atoms with Gasteiger partial charge in [0.1, 0.15) is 11.9 Å². The van der Waals surface area contributed by atoms with E-state index >= 15 is 0 Å². The minimum Gasteiger partial charge on any atom is -0.442 e. The van der Waals surface area contributed by atoms with Gasteiger partial charge < -0.3 is 9.64 Å². The predicted octanol–water partition coefficient (Wildman–Crippen LogP) is 4.92. The van der Waals surface area contributed by atoms with Gasteiger partial charge in [0.05, 0.1) is 0 Å². The van der Waals surface area contributed by atoms with Crippen molar-refractivity contribution >= 4 is 6.09 Å². The fraction of sp³-hybridized carbons (Fsp3) is 0.550. The molecule has 0 bridgehead atoms. The highest BCUT2D eigenvalue weighted by atomic mass is 19.1. The summed E-state index contributed by atoms with van der Waals surface area (Å²) in [5.41, 5.74) is 3.47. The molecule has 0 spiro atoms. The molecule has 0 unspecified atom stereocenters. The van der Waals surface area contributed by atoms with Crippen LogP contribution in [0.1, 0.15) is 45.1 Å². The third-order valence-corrected chi connectivity index (χ3v) is 5.48. The van der Waals surface area contributed by atoms with Crippen molar-refractivity contribution in [3.8, 4) is 0 Å². The molecule has 2 aliphatic carbocycles. The molecule has 1 saturated carbocycles. The Morgan fingerprint density at radius 2 is 1.92 bits per heavy atom. The number of carbonyl (C=O) groups is 1. The van der Waals surface area contributed by atoms with E-state index in [9.17, 15) is 9.18 Å². The maximum absolute atomic E-state index is 13.0. The van der Waals surface area contributed by atoms with Crippen LogP contribution in [0.3, 0.4) is 0 Å². The molecular weight excluding hydrogens is 305 g/mol. The summed E-state index contributed by atoms with van der Waals surface area (Å²) in [4.78, 5) is 14.0. The number of halogens is 1. The largest absolute Gasteiger partial charge is 0.442 e. The third kappa shape index (κ3) is 3.97. The van der Waals surface area contributed by atoms with Crippen LogP contribution in [0.2, 0.25) is 0 Å². The van der Waals surface area contributed by atoms with Crippen LogP contribution in [-0.4, -0.2) is 24.1 Å². The average Bonchev–Trinajstić information content (AvgIpc) is 3.29. The van der Waals surface area contributed by atoms with Crippen molar-refractivity contribution in [1.82, 2.24) is 4.90 Å². The number of ether oxygens (including phenoxy) is 1. The van der Waals surface area contributed by atoms with E-state index in [0.29, 0.717) is 6.54 Å². The van der Waals surface area contributed by atoms with Gasteiger partial charge in [-0.05, 0) is 74.6 Å². The number of hydrogen-bond acceptors (Lipinski definition) is 2. The molecule has 130 valence electrons. The van der Waals surface area contributed by atoms with E-state index in [1.807, 2.05) is 0 Å². The SMILES string of the molecule is C/C1=C(\C)[C@H](OC(=O)N(C)Cc2ccc(F)cc2)CC[C@@H]2C[C@H]2C1. The van der Waals surface area contributed by atoms with Gasteiger partial charge in [-0.3, -0.25) is 0 Å². The summed E-state index contributed by atoms with van der Waals surface area (Å²) in [6.45, 7) is 4.67. The molecule has 0 aromatic heterocycles. The lowest BCUT2D eigenvalue weighted by atomic mass is 9.93. The van der Waals surface area contributed by atoms with Gasteiger partial charge >= 0.3 is 6.09 Å². The molecule has 1 aromatic rings. The summed E-state index contributed by atoms with van der Waals surface area (Å²) in [5.74, 6) is 1.41. The molecule has 0 heterocycles. The number of benzene rings is 1. The first-order valence-electron chi connectivity index (χ1n) is 8.76. The van der Waals surface area contributed by atoms with E-state index in [1.165, 1.54) is 29.7 Å². The van der Waals surface area contributed by atoms with Gasteiger partial charge in [0.25, 0.3) is 0 Å². The monoisotopic (exact) mass is 331 g/mol. The zero-order valence-corrected chi connectivity index (χ0v) is 14.7. The Balaban J connectivity index is 1.61. The third-order valence-electron chi connectivity index (χ3n) is 5.48. The molecule has 24 heavy (non-hydrogen) atoms. The van der Waals surface area contributed by atoms with Crippen LogP contribution in [0.5, 0.6) is 0 Å². The normalized spacial score (nSPS) is 29.2. The first-order valence-corrected chi connectivity index (χ1v) is 8.76. The molecular formula is C20H26FNO2. The Morgan fingerprint density at radius 3 is 2.62 bits per heavy atom. The van der Waals surface area contributed by atoms with Gasteiger partial charge in [-0.2, -0.15) is 0 Å². The highest BCUT2D eigenvalue weighted by Gasteiger charge is 2.39. The summed E-state index contributed by atoms with van der Waals surface area (Å²) in [6.07, 6.45) is 4.11. The molecule has 3 atom stereocenters. The number of carbonyl (C=O) groups excluding carboxylic acids is 1. The van der Waals surface area contributed by atoms with Crippen LogP contribution in [0.4, 0.5) is 9.18 Å². The van der Waals surface area contributed by atoms with E-state index in [1.54, 1.807) is 24.1 Å². The molecule has 1 amide bonds. The minimum atomic E-state index is -0.315. The quantitative estimate of drug-likeness (QED) is 0.736. The topological polar surface area (TPSA) is 29.5 Å². The Morgan fingerprint density at radius 1 is 1.21 bits per heavy atom. The number of fused-ring (bicyclic) bond motifs is 1. The molecule has 1 fully saturated rings. The van der Waals surface area contributed by atoms with Crippen LogP contribution < -0.4 is 0 Å². The second-order valence-corrected chi connectivity index (χ2v) is 7.36. The zero-order valence-electron chi connectivity index (χ0n) is 14.7. The fourth-order valence-electron chi connectivity index (χ4n) is 3.61. The van der Waals surface area contributed by atoms with Crippen LogP contribution >= 0.6 is 0 Å². The molecule has 0 radical (unpaired) electrons. The Bertz CT molecular complexity index is 638. The van der Waals surface area contributed by atoms with Gasteiger partial charge in [-0.25, -0.2) is 9.18 Å². The van der Waals surface area contributed by atoms with Crippen molar-refractivity contribution in [2.45, 2.75) is 52.2 Å². The number of hydrogen-bond donors (Lipinski definition) is 0.